The predicted octanol–water partition coefficient (Wildman–Crippen LogP) is 2.48. The van der Waals surface area contributed by atoms with Crippen molar-refractivity contribution in [2.45, 2.75) is 25.7 Å². The molecule has 1 N–H and O–H groups in total. The second-order valence-electron chi connectivity index (χ2n) is 4.64. The maximum atomic E-state index is 12.1. The summed E-state index contributed by atoms with van der Waals surface area (Å²) in [5.74, 6) is -1.84. The topological polar surface area (TPSA) is 83.9 Å². The molecule has 21 heavy (non-hydrogen) atoms. The lowest BCUT2D eigenvalue weighted by Crippen LogP contribution is -2.35. The van der Waals surface area contributed by atoms with Gasteiger partial charge in [0.05, 0.1) is 17.8 Å². The molecule has 1 aromatic carbocycles. The van der Waals surface area contributed by atoms with Crippen LogP contribution in [0.4, 0.5) is 5.69 Å². The summed E-state index contributed by atoms with van der Waals surface area (Å²) in [6.07, 6.45) is 1.79. The molecule has 1 aliphatic rings. The molecular formula is C14H14ClNO5. The number of carbonyl (C=O) groups is 3. The zero-order chi connectivity index (χ0) is 15.6. The van der Waals surface area contributed by atoms with Crippen molar-refractivity contribution in [1.29, 1.82) is 0 Å². The summed E-state index contributed by atoms with van der Waals surface area (Å²) >= 11 is 6.05. The molecule has 2 rings (SSSR count). The number of hydrogen-bond donors (Lipinski definition) is 1. The van der Waals surface area contributed by atoms with E-state index in [1.54, 1.807) is 0 Å². The molecule has 1 saturated heterocycles. The van der Waals surface area contributed by atoms with Crippen LogP contribution in [-0.4, -0.2) is 30.0 Å². The van der Waals surface area contributed by atoms with Crippen molar-refractivity contribution < 1.29 is 24.2 Å². The quantitative estimate of drug-likeness (QED) is 0.867. The number of anilines is 1. The first-order valence-corrected chi connectivity index (χ1v) is 6.80. The third-order valence-corrected chi connectivity index (χ3v) is 3.57. The van der Waals surface area contributed by atoms with Gasteiger partial charge < -0.3 is 9.84 Å². The number of imide groups is 1. The van der Waals surface area contributed by atoms with Crippen molar-refractivity contribution in [3.8, 4) is 5.75 Å². The summed E-state index contributed by atoms with van der Waals surface area (Å²) < 4.78 is 5.01. The van der Waals surface area contributed by atoms with Gasteiger partial charge >= 0.3 is 5.97 Å². The van der Waals surface area contributed by atoms with Gasteiger partial charge in [0.15, 0.2) is 0 Å². The summed E-state index contributed by atoms with van der Waals surface area (Å²) in [5, 5.41) is 9.11. The van der Waals surface area contributed by atoms with Crippen LogP contribution in [0.5, 0.6) is 5.75 Å². The molecule has 0 radical (unpaired) electrons. The fourth-order valence-corrected chi connectivity index (χ4v) is 2.48. The smallest absolute Gasteiger partial charge is 0.339 e. The highest BCUT2D eigenvalue weighted by atomic mass is 35.5. The molecule has 2 amide bonds. The number of rotatable bonds is 3. The average Bonchev–Trinajstić information content (AvgIpc) is 2.60. The van der Waals surface area contributed by atoms with Gasteiger partial charge in [-0.05, 0) is 18.9 Å². The minimum atomic E-state index is -1.20. The number of ether oxygens (including phenoxy) is 1. The molecule has 112 valence electrons. The zero-order valence-corrected chi connectivity index (χ0v) is 12.1. The molecule has 0 aliphatic carbocycles. The molecular weight excluding hydrogens is 298 g/mol. The molecule has 0 aromatic heterocycles. The van der Waals surface area contributed by atoms with Crippen LogP contribution in [0, 0.1) is 0 Å². The zero-order valence-electron chi connectivity index (χ0n) is 11.4. The Kier molecular flexibility index (Phi) is 4.47. The molecule has 1 aromatic rings. The number of carboxylic acids is 1. The molecule has 0 bridgehead atoms. The summed E-state index contributed by atoms with van der Waals surface area (Å²) in [4.78, 5) is 36.3. The lowest BCUT2D eigenvalue weighted by atomic mass is 10.1. The number of amides is 2. The molecule has 0 spiro atoms. The lowest BCUT2D eigenvalue weighted by Gasteiger charge is -2.21. The Morgan fingerprint density at radius 2 is 1.81 bits per heavy atom. The number of halogens is 1. The molecule has 7 heteroatoms. The second kappa shape index (κ2) is 6.13. The fourth-order valence-electron chi connectivity index (χ4n) is 2.23. The van der Waals surface area contributed by atoms with Crippen molar-refractivity contribution in [2.75, 3.05) is 12.0 Å². The van der Waals surface area contributed by atoms with Gasteiger partial charge in [0.1, 0.15) is 11.3 Å². The Bertz CT molecular complexity index is 596. The number of aromatic carboxylic acids is 1. The highest BCUT2D eigenvalue weighted by molar-refractivity contribution is 6.35. The third kappa shape index (κ3) is 3.00. The lowest BCUT2D eigenvalue weighted by molar-refractivity contribution is -0.125. The van der Waals surface area contributed by atoms with E-state index in [0.29, 0.717) is 12.8 Å². The van der Waals surface area contributed by atoms with Crippen LogP contribution in [0.15, 0.2) is 12.1 Å². The number of hydrogen-bond acceptors (Lipinski definition) is 4. The number of nitrogens with zero attached hydrogens (tertiary/aromatic N) is 1. The summed E-state index contributed by atoms with van der Waals surface area (Å²) in [5.41, 5.74) is 0.0383. The summed E-state index contributed by atoms with van der Waals surface area (Å²) in [7, 11) is 1.31. The second-order valence-corrected chi connectivity index (χ2v) is 5.05. The van der Waals surface area contributed by atoms with Crippen LogP contribution >= 0.6 is 11.6 Å². The van der Waals surface area contributed by atoms with Gasteiger partial charge in [-0.2, -0.15) is 0 Å². The van der Waals surface area contributed by atoms with Gasteiger partial charge in [0, 0.05) is 18.9 Å². The SMILES string of the molecule is COc1cc(N2C(=O)CCCCC2=O)c(Cl)cc1C(=O)O. The van der Waals surface area contributed by atoms with Gasteiger partial charge in [-0.1, -0.05) is 11.6 Å². The van der Waals surface area contributed by atoms with Crippen LogP contribution in [0.3, 0.4) is 0 Å². The largest absolute Gasteiger partial charge is 0.496 e. The van der Waals surface area contributed by atoms with Crippen LogP contribution in [0.1, 0.15) is 36.0 Å². The normalized spacial score (nSPS) is 15.8. The van der Waals surface area contributed by atoms with Crippen LogP contribution in [0.2, 0.25) is 5.02 Å². The number of benzene rings is 1. The van der Waals surface area contributed by atoms with Gasteiger partial charge in [-0.15, -0.1) is 0 Å². The van der Waals surface area contributed by atoms with Gasteiger partial charge in [0.2, 0.25) is 11.8 Å². The fraction of sp³-hybridized carbons (Fsp3) is 0.357. The molecule has 1 fully saturated rings. The number of carboxylic acid groups (broad SMARTS) is 1. The van der Waals surface area contributed by atoms with Crippen molar-refractivity contribution >= 4 is 35.1 Å². The highest BCUT2D eigenvalue weighted by Crippen LogP contribution is 2.35. The number of methoxy groups -OCH3 is 1. The first kappa shape index (κ1) is 15.3. The highest BCUT2D eigenvalue weighted by Gasteiger charge is 2.29. The maximum Gasteiger partial charge on any atom is 0.339 e. The van der Waals surface area contributed by atoms with E-state index in [0.717, 1.165) is 4.90 Å². The Hall–Kier alpha value is -2.08. The standard InChI is InChI=1S/C14H14ClNO5/c1-21-11-7-10(9(15)6-8(11)14(19)20)16-12(17)4-2-3-5-13(16)18/h6-7H,2-5H2,1H3,(H,19,20). The van der Waals surface area contributed by atoms with E-state index >= 15 is 0 Å². The van der Waals surface area contributed by atoms with Gasteiger partial charge in [-0.25, -0.2) is 9.69 Å². The maximum absolute atomic E-state index is 12.1. The molecule has 0 atom stereocenters. The van der Waals surface area contributed by atoms with Crippen LogP contribution in [-0.2, 0) is 9.59 Å². The Balaban J connectivity index is 2.54. The van der Waals surface area contributed by atoms with E-state index in [9.17, 15) is 14.4 Å². The molecule has 0 saturated carbocycles. The molecule has 1 aliphatic heterocycles. The van der Waals surface area contributed by atoms with E-state index in [1.165, 1.54) is 19.2 Å². The van der Waals surface area contributed by atoms with Crippen molar-refractivity contribution in [3.63, 3.8) is 0 Å². The van der Waals surface area contributed by atoms with E-state index in [1.807, 2.05) is 0 Å². The van der Waals surface area contributed by atoms with Gasteiger partial charge in [0.25, 0.3) is 0 Å². The van der Waals surface area contributed by atoms with Crippen LogP contribution in [0.25, 0.3) is 0 Å². The van der Waals surface area contributed by atoms with E-state index in [-0.39, 0.29) is 46.7 Å². The summed E-state index contributed by atoms with van der Waals surface area (Å²) in [6, 6.07) is 2.50. The van der Waals surface area contributed by atoms with E-state index in [4.69, 9.17) is 21.4 Å². The minimum Gasteiger partial charge on any atom is -0.496 e. The predicted molar refractivity (Wildman–Crippen MR) is 75.9 cm³/mol. The molecule has 6 nitrogen and oxygen atoms in total. The van der Waals surface area contributed by atoms with Crippen LogP contribution < -0.4 is 9.64 Å². The Morgan fingerprint density at radius 1 is 1.24 bits per heavy atom. The Labute approximate surface area is 126 Å². The monoisotopic (exact) mass is 311 g/mol. The molecule has 0 unspecified atom stereocenters. The molecule has 1 heterocycles. The first-order chi connectivity index (χ1) is 9.95. The van der Waals surface area contributed by atoms with Gasteiger partial charge in [-0.3, -0.25) is 9.59 Å². The summed E-state index contributed by atoms with van der Waals surface area (Å²) in [6.45, 7) is 0. The van der Waals surface area contributed by atoms with E-state index in [2.05, 4.69) is 0 Å². The average molecular weight is 312 g/mol. The Morgan fingerprint density at radius 3 is 2.29 bits per heavy atom. The van der Waals surface area contributed by atoms with E-state index < -0.39 is 5.97 Å². The van der Waals surface area contributed by atoms with Crippen molar-refractivity contribution in [2.24, 2.45) is 0 Å². The minimum absolute atomic E-state index is 0.0248. The van der Waals surface area contributed by atoms with Crippen molar-refractivity contribution in [1.82, 2.24) is 0 Å². The number of carbonyl (C=O) groups excluding carboxylic acids is 2. The third-order valence-electron chi connectivity index (χ3n) is 3.27. The first-order valence-electron chi connectivity index (χ1n) is 6.42. The van der Waals surface area contributed by atoms with Crippen molar-refractivity contribution in [3.05, 3.63) is 22.7 Å².